The highest BCUT2D eigenvalue weighted by atomic mass is 16.5. The largest absolute Gasteiger partial charge is 0.465 e. The maximum atomic E-state index is 11.9. The first kappa shape index (κ1) is 18.4. The fourth-order valence-electron chi connectivity index (χ4n) is 2.98. The van der Waals surface area contributed by atoms with E-state index in [1.165, 1.54) is 25.7 Å². The number of ether oxygens (including phenoxy) is 2. The summed E-state index contributed by atoms with van der Waals surface area (Å²) in [5, 5.41) is 3.09. The Bertz CT molecular complexity index is 308. The van der Waals surface area contributed by atoms with Crippen molar-refractivity contribution in [1.82, 2.24) is 5.32 Å². The molecular weight excluding hydrogens is 266 g/mol. The molecule has 1 aliphatic carbocycles. The van der Waals surface area contributed by atoms with Gasteiger partial charge in [0.2, 0.25) is 0 Å². The molecule has 124 valence electrons. The summed E-state index contributed by atoms with van der Waals surface area (Å²) in [5.41, 5.74) is -0.574. The first-order valence-corrected chi connectivity index (χ1v) is 8.49. The van der Waals surface area contributed by atoms with Crippen LogP contribution >= 0.6 is 0 Å². The lowest BCUT2D eigenvalue weighted by Crippen LogP contribution is -2.48. The van der Waals surface area contributed by atoms with Crippen LogP contribution < -0.4 is 5.32 Å². The predicted molar refractivity (Wildman–Crippen MR) is 85.3 cm³/mol. The Morgan fingerprint density at radius 1 is 1.33 bits per heavy atom. The zero-order valence-corrected chi connectivity index (χ0v) is 14.2. The Morgan fingerprint density at radius 2 is 2.10 bits per heavy atom. The molecule has 4 nitrogen and oxygen atoms in total. The van der Waals surface area contributed by atoms with Crippen molar-refractivity contribution in [3.63, 3.8) is 0 Å². The third-order valence-electron chi connectivity index (χ3n) is 4.59. The molecule has 1 saturated carbocycles. The number of hydrogen-bond acceptors (Lipinski definition) is 4. The Balaban J connectivity index is 2.18. The molecule has 0 heterocycles. The van der Waals surface area contributed by atoms with Crippen molar-refractivity contribution in [2.24, 2.45) is 5.92 Å². The highest BCUT2D eigenvalue weighted by Gasteiger charge is 2.32. The van der Waals surface area contributed by atoms with Crippen LogP contribution in [0.3, 0.4) is 0 Å². The molecule has 0 spiro atoms. The minimum absolute atomic E-state index is 0.158. The first-order valence-electron chi connectivity index (χ1n) is 8.49. The molecule has 1 rings (SSSR count). The molecule has 1 aliphatic rings. The number of nitrogens with one attached hydrogen (secondary N) is 1. The monoisotopic (exact) mass is 299 g/mol. The van der Waals surface area contributed by atoms with Gasteiger partial charge in [0.1, 0.15) is 5.54 Å². The van der Waals surface area contributed by atoms with E-state index in [2.05, 4.69) is 12.2 Å². The van der Waals surface area contributed by atoms with E-state index in [1.54, 1.807) is 0 Å². The number of esters is 1. The molecule has 0 aromatic carbocycles. The molecule has 3 unspecified atom stereocenters. The van der Waals surface area contributed by atoms with Crippen LogP contribution in [-0.4, -0.2) is 37.9 Å². The SMILES string of the molecule is CCOC(=O)C(C)(CCCCOC1CCCC(C)C1)NC. The predicted octanol–water partition coefficient (Wildman–Crippen LogP) is 3.29. The van der Waals surface area contributed by atoms with E-state index in [-0.39, 0.29) is 5.97 Å². The Morgan fingerprint density at radius 3 is 2.71 bits per heavy atom. The number of hydrogen-bond donors (Lipinski definition) is 1. The maximum absolute atomic E-state index is 11.9. The topological polar surface area (TPSA) is 47.6 Å². The van der Waals surface area contributed by atoms with Crippen LogP contribution in [0, 0.1) is 5.92 Å². The van der Waals surface area contributed by atoms with Gasteiger partial charge in [0.05, 0.1) is 12.7 Å². The fraction of sp³-hybridized carbons (Fsp3) is 0.941. The van der Waals surface area contributed by atoms with E-state index in [4.69, 9.17) is 9.47 Å². The van der Waals surface area contributed by atoms with Crippen molar-refractivity contribution >= 4 is 5.97 Å². The van der Waals surface area contributed by atoms with E-state index in [9.17, 15) is 4.79 Å². The highest BCUT2D eigenvalue weighted by molar-refractivity contribution is 5.80. The van der Waals surface area contributed by atoms with E-state index >= 15 is 0 Å². The van der Waals surface area contributed by atoms with E-state index < -0.39 is 5.54 Å². The van der Waals surface area contributed by atoms with Crippen LogP contribution in [0.25, 0.3) is 0 Å². The highest BCUT2D eigenvalue weighted by Crippen LogP contribution is 2.26. The third kappa shape index (κ3) is 6.35. The van der Waals surface area contributed by atoms with E-state index in [0.717, 1.165) is 31.8 Å². The number of unbranched alkanes of at least 4 members (excludes halogenated alkanes) is 1. The van der Waals surface area contributed by atoms with Crippen LogP contribution in [0.15, 0.2) is 0 Å². The fourth-order valence-corrected chi connectivity index (χ4v) is 2.98. The zero-order valence-electron chi connectivity index (χ0n) is 14.2. The van der Waals surface area contributed by atoms with Crippen LogP contribution in [0.4, 0.5) is 0 Å². The van der Waals surface area contributed by atoms with E-state index in [1.807, 2.05) is 20.9 Å². The van der Waals surface area contributed by atoms with Crippen LogP contribution in [-0.2, 0) is 14.3 Å². The molecule has 21 heavy (non-hydrogen) atoms. The number of likely N-dealkylation sites (N-methyl/N-ethyl adjacent to an activating group) is 1. The summed E-state index contributed by atoms with van der Waals surface area (Å²) >= 11 is 0. The maximum Gasteiger partial charge on any atom is 0.326 e. The third-order valence-corrected chi connectivity index (χ3v) is 4.59. The lowest BCUT2D eigenvalue weighted by atomic mass is 9.89. The van der Waals surface area contributed by atoms with Crippen molar-refractivity contribution in [1.29, 1.82) is 0 Å². The summed E-state index contributed by atoms with van der Waals surface area (Å²) in [5.74, 6) is 0.648. The van der Waals surface area contributed by atoms with Gasteiger partial charge < -0.3 is 14.8 Å². The van der Waals surface area contributed by atoms with Gasteiger partial charge in [-0.05, 0) is 58.9 Å². The van der Waals surface area contributed by atoms with Crippen molar-refractivity contribution < 1.29 is 14.3 Å². The summed E-state index contributed by atoms with van der Waals surface area (Å²) in [4.78, 5) is 11.9. The molecule has 0 amide bonds. The molecule has 3 atom stereocenters. The number of carbonyl (C=O) groups excluding carboxylic acids is 1. The van der Waals surface area contributed by atoms with Gasteiger partial charge in [-0.1, -0.05) is 19.8 Å². The van der Waals surface area contributed by atoms with Gasteiger partial charge >= 0.3 is 5.97 Å². The smallest absolute Gasteiger partial charge is 0.326 e. The van der Waals surface area contributed by atoms with E-state index in [0.29, 0.717) is 12.7 Å². The second-order valence-electron chi connectivity index (χ2n) is 6.52. The van der Waals surface area contributed by atoms with Crippen LogP contribution in [0.1, 0.15) is 65.7 Å². The zero-order chi connectivity index (χ0) is 15.7. The molecule has 1 N–H and O–H groups in total. The van der Waals surface area contributed by atoms with Gasteiger partial charge in [-0.2, -0.15) is 0 Å². The average Bonchev–Trinajstić information content (AvgIpc) is 2.47. The van der Waals surface area contributed by atoms with Crippen molar-refractivity contribution in [3.8, 4) is 0 Å². The van der Waals surface area contributed by atoms with Crippen molar-refractivity contribution in [2.45, 2.75) is 77.4 Å². The van der Waals surface area contributed by atoms with Crippen molar-refractivity contribution in [2.75, 3.05) is 20.3 Å². The summed E-state index contributed by atoms with van der Waals surface area (Å²) in [6.45, 7) is 7.30. The minimum Gasteiger partial charge on any atom is -0.465 e. The summed E-state index contributed by atoms with van der Waals surface area (Å²) in [6, 6.07) is 0. The normalized spacial score (nSPS) is 25.3. The summed E-state index contributed by atoms with van der Waals surface area (Å²) < 4.78 is 11.1. The molecule has 0 radical (unpaired) electrons. The standard InChI is InChI=1S/C17H33NO3/c1-5-20-16(19)17(3,18-4)11-6-7-12-21-15-10-8-9-14(2)13-15/h14-15,18H,5-13H2,1-4H3. The first-order chi connectivity index (χ1) is 10.0. The van der Waals surface area contributed by atoms with Gasteiger partial charge in [0.15, 0.2) is 0 Å². The Kier molecular flexibility index (Phi) is 8.27. The molecule has 0 aromatic rings. The summed E-state index contributed by atoms with van der Waals surface area (Å²) in [6.07, 6.45) is 8.27. The van der Waals surface area contributed by atoms with Gasteiger partial charge in [-0.15, -0.1) is 0 Å². The van der Waals surface area contributed by atoms with Crippen LogP contribution in [0.5, 0.6) is 0 Å². The summed E-state index contributed by atoms with van der Waals surface area (Å²) in [7, 11) is 1.82. The molecular formula is C17H33NO3. The molecule has 1 fully saturated rings. The second-order valence-corrected chi connectivity index (χ2v) is 6.52. The van der Waals surface area contributed by atoms with Gasteiger partial charge in [-0.3, -0.25) is 4.79 Å². The second kappa shape index (κ2) is 9.42. The molecule has 0 saturated heterocycles. The van der Waals surface area contributed by atoms with Gasteiger partial charge in [-0.25, -0.2) is 0 Å². The minimum atomic E-state index is -0.574. The lowest BCUT2D eigenvalue weighted by Gasteiger charge is -2.28. The van der Waals surface area contributed by atoms with Gasteiger partial charge in [0, 0.05) is 6.61 Å². The van der Waals surface area contributed by atoms with Gasteiger partial charge in [0.25, 0.3) is 0 Å². The van der Waals surface area contributed by atoms with Crippen LogP contribution in [0.2, 0.25) is 0 Å². The quantitative estimate of drug-likeness (QED) is 0.524. The molecule has 0 aromatic heterocycles. The lowest BCUT2D eigenvalue weighted by molar-refractivity contribution is -0.150. The molecule has 4 heteroatoms. The Hall–Kier alpha value is -0.610. The number of carbonyl (C=O) groups is 1. The molecule has 0 bridgehead atoms. The molecule has 0 aliphatic heterocycles. The number of rotatable bonds is 9. The average molecular weight is 299 g/mol. The van der Waals surface area contributed by atoms with Crippen molar-refractivity contribution in [3.05, 3.63) is 0 Å². The Labute approximate surface area is 130 Å².